The molecule has 7 heteroatoms. The summed E-state index contributed by atoms with van der Waals surface area (Å²) < 4.78 is 25.1. The number of aromatic amines is 1. The fraction of sp³-hybridized carbons (Fsp3) is 0.250. The van der Waals surface area contributed by atoms with Crippen LogP contribution in [0.2, 0.25) is 0 Å². The number of H-pyrrole nitrogens is 1. The molecule has 0 unspecified atom stereocenters. The lowest BCUT2D eigenvalue weighted by Gasteiger charge is -2.25. The number of hydrogen-bond donors (Lipinski definition) is 1. The number of sulfonamides is 1. The number of nitrogens with zero attached hydrogens (tertiary/aromatic N) is 3. The van der Waals surface area contributed by atoms with E-state index in [1.54, 1.807) is 18.6 Å². The van der Waals surface area contributed by atoms with E-state index in [-0.39, 0.29) is 0 Å². The Morgan fingerprint density at radius 1 is 1.26 bits per heavy atom. The number of allylic oxidation sites excluding steroid dienone is 1. The molecule has 4 rings (SSSR count). The second-order valence-corrected chi connectivity index (χ2v) is 7.68. The highest BCUT2D eigenvalue weighted by Crippen LogP contribution is 2.33. The molecular formula is C16H16N4O2S. The molecule has 1 N–H and O–H groups in total. The molecule has 0 atom stereocenters. The average molecular weight is 328 g/mol. The largest absolute Gasteiger partial charge is 0.346 e. The van der Waals surface area contributed by atoms with Crippen molar-refractivity contribution in [2.75, 3.05) is 12.8 Å². The Hall–Kier alpha value is -2.41. The highest BCUT2D eigenvalue weighted by atomic mass is 32.2. The second-order valence-electron chi connectivity index (χ2n) is 5.75. The van der Waals surface area contributed by atoms with Crippen LogP contribution >= 0.6 is 0 Å². The monoisotopic (exact) mass is 328 g/mol. The summed E-state index contributed by atoms with van der Waals surface area (Å²) in [7, 11) is -3.23. The number of pyridine rings is 2. The molecule has 4 heterocycles. The average Bonchev–Trinajstić information content (AvgIpc) is 3.02. The lowest BCUT2D eigenvalue weighted by atomic mass is 9.96. The van der Waals surface area contributed by atoms with E-state index >= 15 is 0 Å². The first kappa shape index (κ1) is 14.2. The van der Waals surface area contributed by atoms with Crippen LogP contribution in [0.5, 0.6) is 0 Å². The van der Waals surface area contributed by atoms with Gasteiger partial charge in [-0.25, -0.2) is 13.4 Å². The molecule has 0 fully saturated rings. The van der Waals surface area contributed by atoms with Crippen LogP contribution in [0.25, 0.3) is 27.5 Å². The summed E-state index contributed by atoms with van der Waals surface area (Å²) in [6.45, 7) is 0.534. The fourth-order valence-electron chi connectivity index (χ4n) is 3.12. The fourth-order valence-corrected chi connectivity index (χ4v) is 3.89. The number of rotatable bonds is 2. The van der Waals surface area contributed by atoms with Crippen molar-refractivity contribution >= 4 is 37.5 Å². The molecular weight excluding hydrogens is 312 g/mol. The zero-order chi connectivity index (χ0) is 16.0. The standard InChI is InChI=1S/C16H16N4O2S/c1-23(21,22)20-8-2-3-11(10-20)12-4-6-17-14-9-19-16-13(15(12)14)5-7-18-16/h4-7,9-10H,2-3,8H2,1H3,(H,18,19). The lowest BCUT2D eigenvalue weighted by Crippen LogP contribution is -2.28. The van der Waals surface area contributed by atoms with Gasteiger partial charge in [0.05, 0.1) is 18.0 Å². The molecule has 3 aromatic heterocycles. The van der Waals surface area contributed by atoms with Crippen LogP contribution in [0, 0.1) is 0 Å². The molecule has 0 saturated heterocycles. The third kappa shape index (κ3) is 2.37. The van der Waals surface area contributed by atoms with Crippen LogP contribution in [0.1, 0.15) is 18.4 Å². The van der Waals surface area contributed by atoms with Gasteiger partial charge in [-0.2, -0.15) is 0 Å². The van der Waals surface area contributed by atoms with E-state index in [0.29, 0.717) is 6.54 Å². The van der Waals surface area contributed by atoms with Gasteiger partial charge in [-0.1, -0.05) is 0 Å². The molecule has 1 aliphatic rings. The summed E-state index contributed by atoms with van der Waals surface area (Å²) in [5.41, 5.74) is 3.66. The van der Waals surface area contributed by atoms with Crippen LogP contribution in [0.3, 0.4) is 0 Å². The predicted molar refractivity (Wildman–Crippen MR) is 90.2 cm³/mol. The van der Waals surface area contributed by atoms with E-state index in [2.05, 4.69) is 15.0 Å². The molecule has 0 aromatic carbocycles. The minimum atomic E-state index is -3.23. The Morgan fingerprint density at radius 2 is 2.13 bits per heavy atom. The van der Waals surface area contributed by atoms with Crippen LogP contribution in [0.15, 0.2) is 36.9 Å². The van der Waals surface area contributed by atoms with Crippen molar-refractivity contribution in [2.45, 2.75) is 12.8 Å². The third-order valence-electron chi connectivity index (χ3n) is 4.19. The molecule has 1 aliphatic heterocycles. The quantitative estimate of drug-likeness (QED) is 0.784. The summed E-state index contributed by atoms with van der Waals surface area (Å²) in [6.07, 6.45) is 10.0. The van der Waals surface area contributed by atoms with Crippen LogP contribution in [0.4, 0.5) is 0 Å². The molecule has 0 saturated carbocycles. The summed E-state index contributed by atoms with van der Waals surface area (Å²) in [5, 5.41) is 2.02. The van der Waals surface area contributed by atoms with Gasteiger partial charge >= 0.3 is 0 Å². The lowest BCUT2D eigenvalue weighted by molar-refractivity contribution is 0.486. The molecule has 0 spiro atoms. The van der Waals surface area contributed by atoms with Crippen molar-refractivity contribution in [3.63, 3.8) is 0 Å². The molecule has 23 heavy (non-hydrogen) atoms. The normalized spacial score (nSPS) is 16.0. The van der Waals surface area contributed by atoms with Gasteiger partial charge in [-0.15, -0.1) is 0 Å². The van der Waals surface area contributed by atoms with Gasteiger partial charge in [0.2, 0.25) is 10.0 Å². The first-order valence-corrected chi connectivity index (χ1v) is 9.27. The van der Waals surface area contributed by atoms with Crippen LogP contribution in [-0.4, -0.2) is 40.5 Å². The topological polar surface area (TPSA) is 79.0 Å². The Balaban J connectivity index is 1.98. The van der Waals surface area contributed by atoms with Crippen molar-refractivity contribution in [3.05, 3.63) is 42.5 Å². The van der Waals surface area contributed by atoms with Gasteiger partial charge in [0.15, 0.2) is 0 Å². The zero-order valence-electron chi connectivity index (χ0n) is 12.7. The molecule has 0 aliphatic carbocycles. The van der Waals surface area contributed by atoms with Gasteiger partial charge in [-0.05, 0) is 36.1 Å². The smallest absolute Gasteiger partial charge is 0.231 e. The molecule has 6 nitrogen and oxygen atoms in total. The Labute approximate surface area is 133 Å². The highest BCUT2D eigenvalue weighted by Gasteiger charge is 2.20. The summed E-state index contributed by atoms with van der Waals surface area (Å²) in [5.74, 6) is 0. The first-order chi connectivity index (χ1) is 11.0. The van der Waals surface area contributed by atoms with Crippen molar-refractivity contribution in [1.29, 1.82) is 0 Å². The highest BCUT2D eigenvalue weighted by molar-refractivity contribution is 7.88. The van der Waals surface area contributed by atoms with Gasteiger partial charge in [0, 0.05) is 35.9 Å². The maximum absolute atomic E-state index is 11.9. The van der Waals surface area contributed by atoms with Crippen molar-refractivity contribution in [2.24, 2.45) is 0 Å². The Kier molecular flexibility index (Phi) is 3.12. The van der Waals surface area contributed by atoms with E-state index in [4.69, 9.17) is 0 Å². The SMILES string of the molecule is CS(=O)(=O)N1C=C(c2ccnc3cnc4[nH]ccc4c23)CCC1. The summed E-state index contributed by atoms with van der Waals surface area (Å²) >= 11 is 0. The summed E-state index contributed by atoms with van der Waals surface area (Å²) in [4.78, 5) is 11.9. The van der Waals surface area contributed by atoms with Crippen molar-refractivity contribution in [3.8, 4) is 0 Å². The van der Waals surface area contributed by atoms with Gasteiger partial charge in [-0.3, -0.25) is 9.29 Å². The van der Waals surface area contributed by atoms with E-state index in [0.717, 1.165) is 45.9 Å². The van der Waals surface area contributed by atoms with Crippen LogP contribution in [-0.2, 0) is 10.0 Å². The van der Waals surface area contributed by atoms with E-state index < -0.39 is 10.0 Å². The molecule has 0 amide bonds. The van der Waals surface area contributed by atoms with Gasteiger partial charge in [0.1, 0.15) is 5.65 Å². The van der Waals surface area contributed by atoms with E-state index in [9.17, 15) is 8.42 Å². The second kappa shape index (κ2) is 5.06. The number of nitrogens with one attached hydrogen (secondary N) is 1. The Bertz CT molecular complexity index is 1040. The molecule has 0 bridgehead atoms. The maximum Gasteiger partial charge on any atom is 0.231 e. The number of fused-ring (bicyclic) bond motifs is 3. The summed E-state index contributed by atoms with van der Waals surface area (Å²) in [6, 6.07) is 3.93. The predicted octanol–water partition coefficient (Wildman–Crippen LogP) is 2.51. The maximum atomic E-state index is 11.9. The number of hydrogen-bond acceptors (Lipinski definition) is 4. The van der Waals surface area contributed by atoms with E-state index in [1.165, 1.54) is 10.6 Å². The van der Waals surface area contributed by atoms with Crippen molar-refractivity contribution < 1.29 is 8.42 Å². The first-order valence-electron chi connectivity index (χ1n) is 7.43. The molecule has 118 valence electrons. The van der Waals surface area contributed by atoms with Crippen molar-refractivity contribution in [1.82, 2.24) is 19.3 Å². The third-order valence-corrected chi connectivity index (χ3v) is 5.33. The van der Waals surface area contributed by atoms with Gasteiger partial charge < -0.3 is 4.98 Å². The van der Waals surface area contributed by atoms with E-state index in [1.807, 2.05) is 18.3 Å². The molecule has 3 aromatic rings. The Morgan fingerprint density at radius 3 is 2.96 bits per heavy atom. The molecule has 0 radical (unpaired) electrons. The minimum Gasteiger partial charge on any atom is -0.346 e. The number of aromatic nitrogens is 3. The minimum absolute atomic E-state index is 0.534. The van der Waals surface area contributed by atoms with Gasteiger partial charge in [0.25, 0.3) is 0 Å². The van der Waals surface area contributed by atoms with Crippen LogP contribution < -0.4 is 0 Å². The zero-order valence-corrected chi connectivity index (χ0v) is 13.5.